The third kappa shape index (κ3) is 5.64. The molecule has 0 saturated heterocycles. The summed E-state index contributed by atoms with van der Waals surface area (Å²) in [5.41, 5.74) is 1.71. The van der Waals surface area contributed by atoms with Crippen LogP contribution in [0.4, 0.5) is 10.5 Å². The highest BCUT2D eigenvalue weighted by Gasteiger charge is 2.15. The highest BCUT2D eigenvalue weighted by Crippen LogP contribution is 2.14. The molecule has 5 nitrogen and oxygen atoms in total. The van der Waals surface area contributed by atoms with Crippen molar-refractivity contribution in [1.29, 1.82) is 0 Å². The maximum atomic E-state index is 12.0. The predicted octanol–water partition coefficient (Wildman–Crippen LogP) is 3.17. The van der Waals surface area contributed by atoms with E-state index in [0.29, 0.717) is 11.6 Å². The lowest BCUT2D eigenvalue weighted by molar-refractivity contribution is -0.120. The molecular formula is C17H18ClN3O2. The summed E-state index contributed by atoms with van der Waals surface area (Å²) in [5, 5.41) is 8.56. The fourth-order valence-electron chi connectivity index (χ4n) is 1.90. The molecule has 0 aliphatic carbocycles. The van der Waals surface area contributed by atoms with Gasteiger partial charge in [0.25, 0.3) is 0 Å². The lowest BCUT2D eigenvalue weighted by atomic mass is 10.2. The summed E-state index contributed by atoms with van der Waals surface area (Å²) in [6.07, 6.45) is 0. The summed E-state index contributed by atoms with van der Waals surface area (Å²) in [6, 6.07) is 15.4. The smallest absolute Gasteiger partial charge is 0.321 e. The van der Waals surface area contributed by atoms with Crippen molar-refractivity contribution in [2.75, 3.05) is 5.32 Å². The average molecular weight is 332 g/mol. The van der Waals surface area contributed by atoms with Gasteiger partial charge in [0.1, 0.15) is 6.04 Å². The van der Waals surface area contributed by atoms with Crippen LogP contribution in [-0.4, -0.2) is 18.0 Å². The van der Waals surface area contributed by atoms with Crippen molar-refractivity contribution in [2.45, 2.75) is 19.5 Å². The van der Waals surface area contributed by atoms with Crippen molar-refractivity contribution >= 4 is 29.2 Å². The van der Waals surface area contributed by atoms with Crippen molar-refractivity contribution in [2.24, 2.45) is 0 Å². The zero-order chi connectivity index (χ0) is 16.7. The van der Waals surface area contributed by atoms with Crippen molar-refractivity contribution in [3.8, 4) is 0 Å². The molecule has 2 aromatic rings. The largest absolute Gasteiger partial charge is 0.374 e. The number of anilines is 1. The van der Waals surface area contributed by atoms with Gasteiger partial charge in [-0.25, -0.2) is 4.79 Å². The second kappa shape index (κ2) is 8.19. The molecule has 0 fully saturated rings. The number of hydrogen-bond donors (Lipinski definition) is 3. The van der Waals surface area contributed by atoms with Gasteiger partial charge in [0.2, 0.25) is 5.91 Å². The molecule has 23 heavy (non-hydrogen) atoms. The SMILES string of the molecule is CC(Nc1ccc(Cl)cc1)C(=O)NC(=O)NCc1ccccc1. The number of amides is 3. The first-order chi connectivity index (χ1) is 11.0. The Morgan fingerprint density at radius 3 is 2.35 bits per heavy atom. The lowest BCUT2D eigenvalue weighted by Gasteiger charge is -2.15. The first kappa shape index (κ1) is 16.8. The minimum absolute atomic E-state index is 0.360. The first-order valence-electron chi connectivity index (χ1n) is 7.19. The van der Waals surface area contributed by atoms with Gasteiger partial charge in [0.05, 0.1) is 0 Å². The summed E-state index contributed by atoms with van der Waals surface area (Å²) >= 11 is 5.80. The Kier molecular flexibility index (Phi) is 6.00. The Morgan fingerprint density at radius 2 is 1.70 bits per heavy atom. The fraction of sp³-hybridized carbons (Fsp3) is 0.176. The van der Waals surface area contributed by atoms with Crippen LogP contribution in [0.2, 0.25) is 5.02 Å². The maximum Gasteiger partial charge on any atom is 0.321 e. The first-order valence-corrected chi connectivity index (χ1v) is 7.57. The van der Waals surface area contributed by atoms with Crippen LogP contribution in [0.25, 0.3) is 0 Å². The summed E-state index contributed by atoms with van der Waals surface area (Å²) in [6.45, 7) is 2.04. The highest BCUT2D eigenvalue weighted by molar-refractivity contribution is 6.30. The number of imide groups is 1. The molecule has 120 valence electrons. The zero-order valence-corrected chi connectivity index (χ0v) is 13.4. The molecule has 2 rings (SSSR count). The molecule has 0 aliphatic rings. The van der Waals surface area contributed by atoms with Crippen LogP contribution in [-0.2, 0) is 11.3 Å². The second-order valence-corrected chi connectivity index (χ2v) is 5.47. The maximum absolute atomic E-state index is 12.0. The number of rotatable bonds is 5. The molecule has 0 radical (unpaired) electrons. The molecular weight excluding hydrogens is 314 g/mol. The molecule has 6 heteroatoms. The zero-order valence-electron chi connectivity index (χ0n) is 12.7. The van der Waals surface area contributed by atoms with Crippen molar-refractivity contribution < 1.29 is 9.59 Å². The van der Waals surface area contributed by atoms with Crippen molar-refractivity contribution in [1.82, 2.24) is 10.6 Å². The van der Waals surface area contributed by atoms with Gasteiger partial charge in [-0.05, 0) is 36.8 Å². The topological polar surface area (TPSA) is 70.2 Å². The second-order valence-electron chi connectivity index (χ2n) is 5.03. The van der Waals surface area contributed by atoms with E-state index in [1.54, 1.807) is 31.2 Å². The van der Waals surface area contributed by atoms with Crippen molar-refractivity contribution in [3.63, 3.8) is 0 Å². The molecule has 3 amide bonds. The number of carbonyl (C=O) groups excluding carboxylic acids is 2. The van der Waals surface area contributed by atoms with Gasteiger partial charge in [-0.2, -0.15) is 0 Å². The number of halogens is 1. The number of benzene rings is 2. The molecule has 0 saturated carbocycles. The van der Waals surface area contributed by atoms with Gasteiger partial charge >= 0.3 is 6.03 Å². The van der Waals surface area contributed by atoms with E-state index in [4.69, 9.17) is 11.6 Å². The molecule has 0 aromatic heterocycles. The summed E-state index contributed by atoms with van der Waals surface area (Å²) in [7, 11) is 0. The van der Waals surface area contributed by atoms with E-state index in [0.717, 1.165) is 11.3 Å². The minimum atomic E-state index is -0.557. The Hall–Kier alpha value is -2.53. The van der Waals surface area contributed by atoms with E-state index in [1.807, 2.05) is 30.3 Å². The molecule has 2 aromatic carbocycles. The van der Waals surface area contributed by atoms with Crippen LogP contribution in [0.3, 0.4) is 0 Å². The molecule has 3 N–H and O–H groups in total. The lowest BCUT2D eigenvalue weighted by Crippen LogP contribution is -2.45. The van der Waals surface area contributed by atoms with E-state index < -0.39 is 18.0 Å². The number of urea groups is 1. The van der Waals surface area contributed by atoms with E-state index in [1.165, 1.54) is 0 Å². The van der Waals surface area contributed by atoms with Crippen LogP contribution in [0, 0.1) is 0 Å². The standard InChI is InChI=1S/C17H18ClN3O2/c1-12(20-15-9-7-14(18)8-10-15)16(22)21-17(23)19-11-13-5-3-2-4-6-13/h2-10,12,20H,11H2,1H3,(H2,19,21,22,23). The molecule has 1 atom stereocenters. The summed E-state index contributed by atoms with van der Waals surface area (Å²) in [5.74, 6) is -0.412. The third-order valence-electron chi connectivity index (χ3n) is 3.15. The van der Waals surface area contributed by atoms with E-state index >= 15 is 0 Å². The molecule has 0 bridgehead atoms. The van der Waals surface area contributed by atoms with Crippen LogP contribution < -0.4 is 16.0 Å². The van der Waals surface area contributed by atoms with Crippen LogP contribution in [0.15, 0.2) is 54.6 Å². The Labute approximate surface area is 140 Å². The molecule has 0 spiro atoms. The monoisotopic (exact) mass is 331 g/mol. The summed E-state index contributed by atoms with van der Waals surface area (Å²) in [4.78, 5) is 23.7. The van der Waals surface area contributed by atoms with Gasteiger partial charge in [-0.3, -0.25) is 10.1 Å². The Bertz CT molecular complexity index is 659. The van der Waals surface area contributed by atoms with Gasteiger partial charge in [-0.15, -0.1) is 0 Å². The van der Waals surface area contributed by atoms with Crippen LogP contribution in [0.1, 0.15) is 12.5 Å². The summed E-state index contributed by atoms with van der Waals surface area (Å²) < 4.78 is 0. The Morgan fingerprint density at radius 1 is 1.04 bits per heavy atom. The molecule has 0 heterocycles. The van der Waals surface area contributed by atoms with Gasteiger partial charge in [0, 0.05) is 17.3 Å². The minimum Gasteiger partial charge on any atom is -0.374 e. The molecule has 0 aliphatic heterocycles. The van der Waals surface area contributed by atoms with Crippen LogP contribution in [0.5, 0.6) is 0 Å². The molecule has 1 unspecified atom stereocenters. The number of hydrogen-bond acceptors (Lipinski definition) is 3. The Balaban J connectivity index is 1.78. The van der Waals surface area contributed by atoms with Gasteiger partial charge in [-0.1, -0.05) is 41.9 Å². The van der Waals surface area contributed by atoms with Gasteiger partial charge in [0.15, 0.2) is 0 Å². The van der Waals surface area contributed by atoms with Crippen molar-refractivity contribution in [3.05, 3.63) is 65.2 Å². The highest BCUT2D eigenvalue weighted by atomic mass is 35.5. The third-order valence-corrected chi connectivity index (χ3v) is 3.41. The predicted molar refractivity (Wildman–Crippen MR) is 91.4 cm³/mol. The number of carbonyl (C=O) groups is 2. The average Bonchev–Trinajstić information content (AvgIpc) is 2.56. The van der Waals surface area contributed by atoms with E-state index in [9.17, 15) is 9.59 Å². The van der Waals surface area contributed by atoms with E-state index in [2.05, 4.69) is 16.0 Å². The van der Waals surface area contributed by atoms with E-state index in [-0.39, 0.29) is 0 Å². The van der Waals surface area contributed by atoms with Gasteiger partial charge < -0.3 is 10.6 Å². The number of nitrogens with one attached hydrogen (secondary N) is 3. The quantitative estimate of drug-likeness (QED) is 0.788. The fourth-order valence-corrected chi connectivity index (χ4v) is 2.03. The normalized spacial score (nSPS) is 11.4. The van der Waals surface area contributed by atoms with Crippen LogP contribution >= 0.6 is 11.6 Å².